The van der Waals surface area contributed by atoms with Crippen LogP contribution in [-0.4, -0.2) is 53.5 Å². The second-order valence-electron chi connectivity index (χ2n) is 8.96. The Bertz CT molecular complexity index is 1590. The number of hydrogen-bond acceptors (Lipinski definition) is 5. The molecule has 1 N–H and O–H groups in total. The van der Waals surface area contributed by atoms with E-state index in [1.165, 1.54) is 15.6 Å². The summed E-state index contributed by atoms with van der Waals surface area (Å²) in [5.74, 6) is 0.388. The highest BCUT2D eigenvalue weighted by Gasteiger charge is 2.34. The molecule has 1 fully saturated rings. The van der Waals surface area contributed by atoms with Crippen LogP contribution < -0.4 is 25.5 Å². The standard InChI is InChI=1S/C28H28N6O4/c1-18-23(19-8-10-21(11-9-19)34-17-30-31(3)27(34)36)12-13-24(38-4)25(18)33-15-14-32(28(33)37)22-7-5-6-20(16-22)26(35)29-2/h5-13,16-17H,14-15H2,1-4H3,(H,29,35). The summed E-state index contributed by atoms with van der Waals surface area (Å²) in [4.78, 5) is 41.4. The van der Waals surface area contributed by atoms with Crippen molar-refractivity contribution >= 4 is 23.3 Å². The lowest BCUT2D eigenvalue weighted by Crippen LogP contribution is -2.32. The Hall–Kier alpha value is -4.86. The van der Waals surface area contributed by atoms with Crippen molar-refractivity contribution < 1.29 is 14.3 Å². The summed E-state index contributed by atoms with van der Waals surface area (Å²) in [6.07, 6.45) is 1.49. The predicted molar refractivity (Wildman–Crippen MR) is 145 cm³/mol. The number of amides is 3. The highest BCUT2D eigenvalue weighted by atomic mass is 16.5. The highest BCUT2D eigenvalue weighted by Crippen LogP contribution is 2.40. The van der Waals surface area contributed by atoms with E-state index in [4.69, 9.17) is 4.74 Å². The number of aryl methyl sites for hydroxylation is 1. The molecule has 1 aromatic heterocycles. The summed E-state index contributed by atoms with van der Waals surface area (Å²) >= 11 is 0. The molecule has 4 aromatic rings. The van der Waals surface area contributed by atoms with Crippen molar-refractivity contribution in [3.63, 3.8) is 0 Å². The number of ether oxygens (including phenoxy) is 1. The minimum absolute atomic E-state index is 0.191. The molecule has 2 heterocycles. The average molecular weight is 513 g/mol. The molecule has 1 aliphatic rings. The quantitative estimate of drug-likeness (QED) is 0.427. The summed E-state index contributed by atoms with van der Waals surface area (Å²) in [6.45, 7) is 2.90. The highest BCUT2D eigenvalue weighted by molar-refractivity contribution is 6.08. The maximum atomic E-state index is 13.6. The molecule has 38 heavy (non-hydrogen) atoms. The predicted octanol–water partition coefficient (Wildman–Crippen LogP) is 3.36. The third-order valence-corrected chi connectivity index (χ3v) is 6.82. The smallest absolute Gasteiger partial charge is 0.350 e. The molecular weight excluding hydrogens is 484 g/mol. The number of benzene rings is 3. The van der Waals surface area contributed by atoms with E-state index < -0.39 is 0 Å². The zero-order chi connectivity index (χ0) is 27.0. The minimum atomic E-state index is -0.223. The van der Waals surface area contributed by atoms with Gasteiger partial charge in [0.05, 0.1) is 18.5 Å². The van der Waals surface area contributed by atoms with Gasteiger partial charge in [-0.15, -0.1) is 0 Å². The molecule has 10 heteroatoms. The van der Waals surface area contributed by atoms with E-state index in [-0.39, 0.29) is 17.6 Å². The van der Waals surface area contributed by atoms with Crippen LogP contribution in [0.1, 0.15) is 15.9 Å². The van der Waals surface area contributed by atoms with Crippen LogP contribution in [-0.2, 0) is 7.05 Å². The second-order valence-corrected chi connectivity index (χ2v) is 8.96. The number of carbonyl (C=O) groups excluding carboxylic acids is 2. The van der Waals surface area contributed by atoms with Crippen molar-refractivity contribution in [2.45, 2.75) is 6.92 Å². The van der Waals surface area contributed by atoms with Crippen LogP contribution in [0.25, 0.3) is 16.8 Å². The van der Waals surface area contributed by atoms with Gasteiger partial charge in [0.15, 0.2) is 0 Å². The molecule has 0 radical (unpaired) electrons. The average Bonchev–Trinajstić information content (AvgIpc) is 3.49. The Morgan fingerprint density at radius 1 is 0.974 bits per heavy atom. The van der Waals surface area contributed by atoms with E-state index in [2.05, 4.69) is 10.4 Å². The van der Waals surface area contributed by atoms with Gasteiger partial charge < -0.3 is 10.1 Å². The number of nitrogens with zero attached hydrogens (tertiary/aromatic N) is 5. The SMILES string of the molecule is CNC(=O)c1cccc(N2CCN(c3c(OC)ccc(-c4ccc(-n5cnn(C)c5=O)cc4)c3C)C2=O)c1. The van der Waals surface area contributed by atoms with E-state index in [9.17, 15) is 14.4 Å². The number of rotatable bonds is 6. The molecule has 1 aliphatic heterocycles. The molecule has 0 aliphatic carbocycles. The van der Waals surface area contributed by atoms with Crippen LogP contribution in [0.2, 0.25) is 0 Å². The molecule has 0 atom stereocenters. The van der Waals surface area contributed by atoms with Crippen LogP contribution in [0.5, 0.6) is 5.75 Å². The van der Waals surface area contributed by atoms with Crippen LogP contribution in [0.3, 0.4) is 0 Å². The topological polar surface area (TPSA) is 102 Å². The molecule has 3 aromatic carbocycles. The van der Waals surface area contributed by atoms with Crippen molar-refractivity contribution in [1.29, 1.82) is 0 Å². The molecule has 3 amide bonds. The Labute approximate surface area is 219 Å². The number of nitrogens with one attached hydrogen (secondary N) is 1. The van der Waals surface area contributed by atoms with Gasteiger partial charge in [-0.2, -0.15) is 5.10 Å². The maximum absolute atomic E-state index is 13.6. The zero-order valence-electron chi connectivity index (χ0n) is 21.6. The number of urea groups is 1. The van der Waals surface area contributed by atoms with Crippen molar-refractivity contribution in [3.05, 3.63) is 88.6 Å². The van der Waals surface area contributed by atoms with Gasteiger partial charge in [-0.3, -0.25) is 14.6 Å². The number of aromatic nitrogens is 3. The van der Waals surface area contributed by atoms with Crippen LogP contribution in [0.4, 0.5) is 16.2 Å². The number of methoxy groups -OCH3 is 1. The van der Waals surface area contributed by atoms with Gasteiger partial charge in [-0.25, -0.2) is 18.8 Å². The molecule has 0 unspecified atom stereocenters. The summed E-state index contributed by atoms with van der Waals surface area (Å²) < 4.78 is 8.42. The van der Waals surface area contributed by atoms with E-state index >= 15 is 0 Å². The molecule has 5 rings (SSSR count). The first-order chi connectivity index (χ1) is 18.3. The van der Waals surface area contributed by atoms with E-state index in [1.54, 1.807) is 49.2 Å². The lowest BCUT2D eigenvalue weighted by atomic mass is 9.97. The first kappa shape index (κ1) is 24.8. The fourth-order valence-electron chi connectivity index (χ4n) is 4.79. The van der Waals surface area contributed by atoms with Gasteiger partial charge in [0, 0.05) is 38.4 Å². The molecule has 0 saturated carbocycles. The van der Waals surface area contributed by atoms with Crippen LogP contribution in [0.15, 0.2) is 71.8 Å². The molecule has 1 saturated heterocycles. The van der Waals surface area contributed by atoms with E-state index in [0.29, 0.717) is 41.5 Å². The Kier molecular flexibility index (Phi) is 6.46. The number of hydrogen-bond donors (Lipinski definition) is 1. The first-order valence-corrected chi connectivity index (χ1v) is 12.1. The van der Waals surface area contributed by atoms with Gasteiger partial charge in [0.1, 0.15) is 12.1 Å². The Balaban J connectivity index is 1.48. The minimum Gasteiger partial charge on any atom is -0.495 e. The lowest BCUT2D eigenvalue weighted by Gasteiger charge is -2.24. The van der Waals surface area contributed by atoms with Crippen LogP contribution in [0, 0.1) is 6.92 Å². The molecule has 194 valence electrons. The first-order valence-electron chi connectivity index (χ1n) is 12.1. The Morgan fingerprint density at radius 2 is 1.71 bits per heavy atom. The van der Waals surface area contributed by atoms with Crippen molar-refractivity contribution in [2.24, 2.45) is 7.05 Å². The van der Waals surface area contributed by atoms with Gasteiger partial charge in [-0.1, -0.05) is 24.3 Å². The summed E-state index contributed by atoms with van der Waals surface area (Å²) in [6, 6.07) is 18.3. The third-order valence-electron chi connectivity index (χ3n) is 6.82. The van der Waals surface area contributed by atoms with Gasteiger partial charge >= 0.3 is 11.7 Å². The van der Waals surface area contributed by atoms with Crippen molar-refractivity contribution in [3.8, 4) is 22.6 Å². The van der Waals surface area contributed by atoms with Gasteiger partial charge in [0.25, 0.3) is 5.91 Å². The normalized spacial score (nSPS) is 13.2. The second kappa shape index (κ2) is 9.89. The maximum Gasteiger partial charge on any atom is 0.350 e. The fourth-order valence-corrected chi connectivity index (χ4v) is 4.79. The van der Waals surface area contributed by atoms with Gasteiger partial charge in [0.2, 0.25) is 0 Å². The van der Waals surface area contributed by atoms with Gasteiger partial charge in [-0.05, 0) is 60.0 Å². The van der Waals surface area contributed by atoms with E-state index in [0.717, 1.165) is 16.7 Å². The molecule has 0 spiro atoms. The fraction of sp³-hybridized carbons (Fsp3) is 0.214. The zero-order valence-corrected chi connectivity index (χ0v) is 21.6. The largest absolute Gasteiger partial charge is 0.495 e. The van der Waals surface area contributed by atoms with E-state index in [1.807, 2.05) is 49.4 Å². The summed E-state index contributed by atoms with van der Waals surface area (Å²) in [5.41, 5.74) is 5.11. The lowest BCUT2D eigenvalue weighted by molar-refractivity contribution is 0.0963. The summed E-state index contributed by atoms with van der Waals surface area (Å²) in [5, 5.41) is 6.62. The monoisotopic (exact) mass is 512 g/mol. The third kappa shape index (κ3) is 4.19. The molecular formula is C28H28N6O4. The number of carbonyl (C=O) groups is 2. The molecule has 10 nitrogen and oxygen atoms in total. The van der Waals surface area contributed by atoms with Crippen molar-refractivity contribution in [2.75, 3.05) is 37.0 Å². The van der Waals surface area contributed by atoms with Crippen LogP contribution >= 0.6 is 0 Å². The Morgan fingerprint density at radius 3 is 2.37 bits per heavy atom. The molecule has 0 bridgehead atoms. The summed E-state index contributed by atoms with van der Waals surface area (Å²) in [7, 11) is 4.77. The van der Waals surface area contributed by atoms with Crippen molar-refractivity contribution in [1.82, 2.24) is 19.7 Å². The number of anilines is 2.